The zero-order valence-corrected chi connectivity index (χ0v) is 36.6. The molecular formula is C47H80NO8P. The smallest absolute Gasteiger partial charge is 0.463 e. The van der Waals surface area contributed by atoms with E-state index in [-0.39, 0.29) is 32.1 Å². The van der Waals surface area contributed by atoms with Gasteiger partial charge in [0.1, 0.15) is 12.7 Å². The van der Waals surface area contributed by atoms with Crippen molar-refractivity contribution < 1.29 is 37.9 Å². The number of esters is 1. The molecule has 0 aromatic carbocycles. The maximum absolute atomic E-state index is 12.1. The number of amides is 1. The van der Waals surface area contributed by atoms with Gasteiger partial charge in [-0.05, 0) is 89.9 Å². The second-order valence-corrected chi connectivity index (χ2v) is 15.7. The first kappa shape index (κ1) is 54.2. The van der Waals surface area contributed by atoms with E-state index in [9.17, 15) is 24.2 Å². The third-order valence-corrected chi connectivity index (χ3v) is 9.79. The van der Waals surface area contributed by atoms with E-state index in [1.807, 2.05) is 0 Å². The number of nitrogens with one attached hydrogen (secondary N) is 1. The summed E-state index contributed by atoms with van der Waals surface area (Å²) in [5.41, 5.74) is 0. The van der Waals surface area contributed by atoms with Crippen molar-refractivity contribution in [1.82, 2.24) is 5.32 Å². The molecule has 57 heavy (non-hydrogen) atoms. The van der Waals surface area contributed by atoms with E-state index in [4.69, 9.17) is 13.8 Å². The minimum absolute atomic E-state index is 0.0675. The number of aliphatic hydroxyl groups excluding tert-OH is 1. The highest BCUT2D eigenvalue weighted by atomic mass is 31.2. The largest absolute Gasteiger partial charge is 0.472 e. The summed E-state index contributed by atoms with van der Waals surface area (Å²) >= 11 is 0. The van der Waals surface area contributed by atoms with Crippen LogP contribution in [0.5, 0.6) is 0 Å². The molecule has 0 bridgehead atoms. The van der Waals surface area contributed by atoms with E-state index in [2.05, 4.69) is 104 Å². The molecule has 0 aromatic rings. The van der Waals surface area contributed by atoms with Crippen molar-refractivity contribution in [3.63, 3.8) is 0 Å². The van der Waals surface area contributed by atoms with Crippen molar-refractivity contribution in [2.75, 3.05) is 26.4 Å². The highest BCUT2D eigenvalue weighted by Crippen LogP contribution is 2.42. The Kier molecular flexibility index (Phi) is 40.7. The van der Waals surface area contributed by atoms with Gasteiger partial charge >= 0.3 is 13.8 Å². The fourth-order valence-electron chi connectivity index (χ4n) is 5.49. The molecule has 0 aromatic heterocycles. The molecule has 10 heteroatoms. The Morgan fingerprint density at radius 1 is 0.561 bits per heavy atom. The number of ether oxygens (including phenoxy) is 1. The van der Waals surface area contributed by atoms with Crippen LogP contribution >= 0.6 is 7.82 Å². The number of unbranched alkanes of at least 4 members (excludes halogenated alkanes) is 13. The molecule has 9 nitrogen and oxygen atoms in total. The van der Waals surface area contributed by atoms with Gasteiger partial charge in [0.2, 0.25) is 5.91 Å². The van der Waals surface area contributed by atoms with E-state index in [1.54, 1.807) is 0 Å². The zero-order chi connectivity index (χ0) is 41.8. The van der Waals surface area contributed by atoms with E-state index in [1.165, 1.54) is 51.4 Å². The predicted molar refractivity (Wildman–Crippen MR) is 238 cm³/mol. The molecule has 1 amide bonds. The lowest BCUT2D eigenvalue weighted by Crippen LogP contribution is -2.27. The lowest BCUT2D eigenvalue weighted by atomic mass is 10.1. The van der Waals surface area contributed by atoms with Gasteiger partial charge in [-0.2, -0.15) is 0 Å². The summed E-state index contributed by atoms with van der Waals surface area (Å²) in [4.78, 5) is 33.9. The molecule has 0 fully saturated rings. The molecule has 0 radical (unpaired) electrons. The SMILES string of the molecule is CC/C=C\C/C=C\C/C=C\C/C=C\C/C=C\C/C=C\CCCCC(=O)OCC(O)COP(=O)(O)OCCNC(=O)CCCCCCC/C=C\CCCCCCCC. The molecule has 0 saturated carbocycles. The first-order chi connectivity index (χ1) is 27.8. The standard InChI is InChI=1S/C47H80NO8P/c1-3-5-7-9-11-13-15-17-19-20-21-22-23-24-26-28-30-32-34-36-38-40-47(51)54-43-45(49)44-56-57(52,53)55-42-41-48-46(50)39-37-35-33-31-29-27-25-18-16-14-12-10-8-6-4-2/h5,7,11,13,17-19,21-22,24-26,30,32,45,49H,3-4,6,8-10,12,14-16,20,23,27-29,31,33-44H2,1-2H3,(H,48,50)(H,52,53)/b7-5-,13-11-,19-17-,22-21-,25-18-,26-24-,32-30-. The number of phosphoric acid groups is 1. The van der Waals surface area contributed by atoms with Crippen molar-refractivity contribution in [1.29, 1.82) is 0 Å². The maximum atomic E-state index is 12.1. The van der Waals surface area contributed by atoms with Crippen LogP contribution in [0.2, 0.25) is 0 Å². The second-order valence-electron chi connectivity index (χ2n) is 14.3. The molecule has 326 valence electrons. The van der Waals surface area contributed by atoms with Gasteiger partial charge in [0.25, 0.3) is 0 Å². The van der Waals surface area contributed by atoms with E-state index in [0.717, 1.165) is 83.5 Å². The van der Waals surface area contributed by atoms with Crippen molar-refractivity contribution in [2.45, 2.75) is 174 Å². The van der Waals surface area contributed by atoms with Crippen LogP contribution < -0.4 is 5.32 Å². The number of carbonyl (C=O) groups excluding carboxylic acids is 2. The quantitative estimate of drug-likeness (QED) is 0.0241. The van der Waals surface area contributed by atoms with E-state index >= 15 is 0 Å². The Labute approximate surface area is 347 Å². The van der Waals surface area contributed by atoms with Gasteiger partial charge in [0.15, 0.2) is 0 Å². The van der Waals surface area contributed by atoms with Crippen LogP contribution in [0, 0.1) is 0 Å². The third-order valence-electron chi connectivity index (χ3n) is 8.81. The maximum Gasteiger partial charge on any atom is 0.472 e. The van der Waals surface area contributed by atoms with Gasteiger partial charge in [-0.25, -0.2) is 4.57 Å². The molecule has 0 saturated heterocycles. The Hall–Kier alpha value is -2.81. The normalized spacial score (nSPS) is 14.1. The summed E-state index contributed by atoms with van der Waals surface area (Å²) in [6, 6.07) is 0. The average Bonchev–Trinajstić information content (AvgIpc) is 3.20. The molecule has 2 atom stereocenters. The Morgan fingerprint density at radius 2 is 1.00 bits per heavy atom. The van der Waals surface area contributed by atoms with Crippen LogP contribution in [0.3, 0.4) is 0 Å². The number of hydrogen-bond acceptors (Lipinski definition) is 7. The van der Waals surface area contributed by atoms with Crippen LogP contribution in [0.1, 0.15) is 168 Å². The third kappa shape index (κ3) is 44.1. The van der Waals surface area contributed by atoms with Crippen LogP contribution in [0.25, 0.3) is 0 Å². The molecule has 0 aliphatic heterocycles. The summed E-state index contributed by atoms with van der Waals surface area (Å²) in [6.45, 7) is 3.36. The Balaban J connectivity index is 3.71. The fourth-order valence-corrected chi connectivity index (χ4v) is 6.25. The van der Waals surface area contributed by atoms with Crippen molar-refractivity contribution in [3.05, 3.63) is 85.1 Å². The summed E-state index contributed by atoms with van der Waals surface area (Å²) in [7, 11) is -4.43. The summed E-state index contributed by atoms with van der Waals surface area (Å²) in [5, 5.41) is 12.7. The summed E-state index contributed by atoms with van der Waals surface area (Å²) in [5.74, 6) is -0.575. The Morgan fingerprint density at radius 3 is 1.54 bits per heavy atom. The first-order valence-electron chi connectivity index (χ1n) is 22.1. The van der Waals surface area contributed by atoms with Gasteiger partial charge in [-0.1, -0.05) is 150 Å². The van der Waals surface area contributed by atoms with Gasteiger partial charge in [-0.3, -0.25) is 18.6 Å². The highest BCUT2D eigenvalue weighted by molar-refractivity contribution is 7.47. The minimum Gasteiger partial charge on any atom is -0.463 e. The van der Waals surface area contributed by atoms with Crippen LogP contribution in [-0.2, 0) is 27.9 Å². The molecular weight excluding hydrogens is 737 g/mol. The number of hydrogen-bond donors (Lipinski definition) is 3. The van der Waals surface area contributed by atoms with Crippen molar-refractivity contribution in [3.8, 4) is 0 Å². The van der Waals surface area contributed by atoms with Gasteiger partial charge in [0.05, 0.1) is 13.2 Å². The lowest BCUT2D eigenvalue weighted by molar-refractivity contribution is -0.147. The number of rotatable bonds is 40. The highest BCUT2D eigenvalue weighted by Gasteiger charge is 2.23. The average molecular weight is 818 g/mol. The monoisotopic (exact) mass is 818 g/mol. The van der Waals surface area contributed by atoms with Crippen molar-refractivity contribution >= 4 is 19.7 Å². The minimum atomic E-state index is -4.43. The molecule has 0 aliphatic carbocycles. The van der Waals surface area contributed by atoms with Gasteiger partial charge < -0.3 is 20.1 Å². The van der Waals surface area contributed by atoms with Gasteiger partial charge in [-0.15, -0.1) is 0 Å². The predicted octanol–water partition coefficient (Wildman–Crippen LogP) is 12.4. The number of carbonyl (C=O) groups is 2. The molecule has 0 spiro atoms. The van der Waals surface area contributed by atoms with Crippen molar-refractivity contribution in [2.24, 2.45) is 0 Å². The molecule has 2 unspecified atom stereocenters. The fraction of sp³-hybridized carbons (Fsp3) is 0.660. The molecule has 0 heterocycles. The molecule has 3 N–H and O–H groups in total. The summed E-state index contributed by atoms with van der Waals surface area (Å²) in [6.07, 6.45) is 53.7. The molecule has 0 rings (SSSR count). The lowest BCUT2D eigenvalue weighted by Gasteiger charge is -2.15. The van der Waals surface area contributed by atoms with Crippen LogP contribution in [0.4, 0.5) is 0 Å². The van der Waals surface area contributed by atoms with Crippen LogP contribution in [0.15, 0.2) is 85.1 Å². The number of allylic oxidation sites excluding steroid dienone is 14. The van der Waals surface area contributed by atoms with E-state index in [0.29, 0.717) is 12.8 Å². The second kappa shape index (κ2) is 42.8. The van der Waals surface area contributed by atoms with E-state index < -0.39 is 26.5 Å². The van der Waals surface area contributed by atoms with Crippen LogP contribution in [-0.4, -0.2) is 54.3 Å². The number of phosphoric ester groups is 1. The first-order valence-corrected chi connectivity index (χ1v) is 23.6. The Bertz CT molecular complexity index is 1210. The topological polar surface area (TPSA) is 131 Å². The molecule has 0 aliphatic rings. The van der Waals surface area contributed by atoms with Gasteiger partial charge in [0, 0.05) is 19.4 Å². The number of aliphatic hydroxyl groups is 1. The zero-order valence-electron chi connectivity index (χ0n) is 35.8. The summed E-state index contributed by atoms with van der Waals surface area (Å²) < 4.78 is 26.8.